The molecule has 0 spiro atoms. The van der Waals surface area contributed by atoms with Gasteiger partial charge < -0.3 is 10.6 Å². The maximum absolute atomic E-state index is 13.6. The van der Waals surface area contributed by atoms with E-state index >= 15 is 0 Å². The van der Waals surface area contributed by atoms with Gasteiger partial charge in [-0.25, -0.2) is 13.8 Å². The van der Waals surface area contributed by atoms with E-state index in [2.05, 4.69) is 15.6 Å². The molecule has 0 atom stereocenters. The number of benzene rings is 2. The minimum Gasteiger partial charge on any atom is -0.350 e. The number of nitrogens with one attached hydrogen (secondary N) is 2. The Kier molecular flexibility index (Phi) is 5.53. The summed E-state index contributed by atoms with van der Waals surface area (Å²) in [7, 11) is 0. The normalized spacial score (nSPS) is 10.4. The smallest absolute Gasteiger partial charge is 0.269 e. The summed E-state index contributed by atoms with van der Waals surface area (Å²) >= 11 is 0. The molecule has 1 aromatic heterocycles. The number of amides is 1. The molecule has 0 aliphatic heterocycles. The zero-order valence-corrected chi connectivity index (χ0v) is 13.9. The highest BCUT2D eigenvalue weighted by molar-refractivity contribution is 5.92. The predicted octanol–water partition coefficient (Wildman–Crippen LogP) is 4.08. The van der Waals surface area contributed by atoms with Gasteiger partial charge in [-0.15, -0.1) is 0 Å². The van der Waals surface area contributed by atoms with Gasteiger partial charge in [0.25, 0.3) is 5.91 Å². The van der Waals surface area contributed by atoms with Crippen LogP contribution in [0.4, 0.5) is 20.2 Å². The number of carbonyl (C=O) groups is 1. The second-order valence-corrected chi connectivity index (χ2v) is 5.65. The third kappa shape index (κ3) is 4.42. The highest BCUT2D eigenvalue weighted by atomic mass is 19.1. The van der Waals surface area contributed by atoms with Gasteiger partial charge in [0.2, 0.25) is 0 Å². The standard InChI is InChI=1S/C20H17F2N3O/c21-16-7-4-8-17(22)19(16)25-15-9-10-18(24-13-15)20(26)23-12-11-14-5-2-1-3-6-14/h1-10,13,25H,11-12H2,(H,23,26). The molecule has 0 aliphatic carbocycles. The number of rotatable bonds is 6. The van der Waals surface area contributed by atoms with Crippen molar-refractivity contribution in [3.05, 3.63) is 89.8 Å². The van der Waals surface area contributed by atoms with Gasteiger partial charge in [-0.1, -0.05) is 36.4 Å². The van der Waals surface area contributed by atoms with E-state index in [1.54, 1.807) is 6.07 Å². The van der Waals surface area contributed by atoms with E-state index in [0.717, 1.165) is 24.1 Å². The Hall–Kier alpha value is -3.28. The Morgan fingerprint density at radius 3 is 2.31 bits per heavy atom. The molecule has 3 rings (SSSR count). The van der Waals surface area contributed by atoms with Crippen LogP contribution in [0.15, 0.2) is 66.9 Å². The molecule has 132 valence electrons. The number of anilines is 2. The maximum Gasteiger partial charge on any atom is 0.269 e. The summed E-state index contributed by atoms with van der Waals surface area (Å²) in [6.45, 7) is 0.491. The first-order valence-corrected chi connectivity index (χ1v) is 8.13. The Balaban J connectivity index is 1.57. The first-order chi connectivity index (χ1) is 12.6. The lowest BCUT2D eigenvalue weighted by Gasteiger charge is -2.09. The molecule has 2 aromatic carbocycles. The Bertz CT molecular complexity index is 863. The van der Waals surface area contributed by atoms with Crippen LogP contribution in [0, 0.1) is 11.6 Å². The Morgan fingerprint density at radius 1 is 0.923 bits per heavy atom. The van der Waals surface area contributed by atoms with E-state index < -0.39 is 11.6 Å². The molecule has 1 amide bonds. The molecule has 0 unspecified atom stereocenters. The van der Waals surface area contributed by atoms with E-state index in [1.165, 1.54) is 18.3 Å². The summed E-state index contributed by atoms with van der Waals surface area (Å²) in [5.74, 6) is -1.70. The molecule has 3 aromatic rings. The number of halogens is 2. The lowest BCUT2D eigenvalue weighted by Crippen LogP contribution is -2.26. The number of aromatic nitrogens is 1. The van der Waals surface area contributed by atoms with Crippen LogP contribution in [-0.2, 0) is 6.42 Å². The third-order valence-electron chi connectivity index (χ3n) is 3.77. The summed E-state index contributed by atoms with van der Waals surface area (Å²) in [6.07, 6.45) is 2.08. The molecule has 4 nitrogen and oxygen atoms in total. The molecule has 0 saturated heterocycles. The zero-order chi connectivity index (χ0) is 18.4. The molecule has 0 aliphatic rings. The highest BCUT2D eigenvalue weighted by Crippen LogP contribution is 2.22. The minimum atomic E-state index is -0.701. The van der Waals surface area contributed by atoms with E-state index in [9.17, 15) is 13.6 Å². The van der Waals surface area contributed by atoms with E-state index in [0.29, 0.717) is 12.2 Å². The summed E-state index contributed by atoms with van der Waals surface area (Å²) in [5.41, 5.74) is 1.49. The van der Waals surface area contributed by atoms with E-state index in [1.807, 2.05) is 30.3 Å². The molecule has 0 saturated carbocycles. The van der Waals surface area contributed by atoms with Gasteiger partial charge in [-0.2, -0.15) is 0 Å². The summed E-state index contributed by atoms with van der Waals surface area (Å²) in [5, 5.41) is 5.42. The van der Waals surface area contributed by atoms with E-state index in [4.69, 9.17) is 0 Å². The average molecular weight is 353 g/mol. The molecular weight excluding hydrogens is 336 g/mol. The fraction of sp³-hybridized carbons (Fsp3) is 0.100. The number of para-hydroxylation sites is 1. The van der Waals surface area contributed by atoms with Crippen molar-refractivity contribution in [2.24, 2.45) is 0 Å². The fourth-order valence-electron chi connectivity index (χ4n) is 2.42. The van der Waals surface area contributed by atoms with Crippen LogP contribution in [0.1, 0.15) is 16.1 Å². The lowest BCUT2D eigenvalue weighted by atomic mass is 10.1. The van der Waals surface area contributed by atoms with Crippen molar-refractivity contribution in [1.29, 1.82) is 0 Å². The second kappa shape index (κ2) is 8.20. The summed E-state index contributed by atoms with van der Waals surface area (Å²) in [4.78, 5) is 16.1. The zero-order valence-electron chi connectivity index (χ0n) is 13.9. The SMILES string of the molecule is O=C(NCCc1ccccc1)c1ccc(Nc2c(F)cccc2F)cn1. The van der Waals surface area contributed by atoms with Crippen molar-refractivity contribution in [3.63, 3.8) is 0 Å². The quantitative estimate of drug-likeness (QED) is 0.702. The molecule has 6 heteroatoms. The first kappa shape index (κ1) is 17.5. The molecule has 2 N–H and O–H groups in total. The van der Waals surface area contributed by atoms with Crippen molar-refractivity contribution < 1.29 is 13.6 Å². The molecule has 1 heterocycles. The summed E-state index contributed by atoms with van der Waals surface area (Å²) < 4.78 is 27.3. The second-order valence-electron chi connectivity index (χ2n) is 5.65. The van der Waals surface area contributed by atoms with Crippen LogP contribution in [0.3, 0.4) is 0 Å². The molecule has 0 bridgehead atoms. The van der Waals surface area contributed by atoms with Gasteiger partial charge in [0.15, 0.2) is 0 Å². The number of hydrogen-bond donors (Lipinski definition) is 2. The number of carbonyl (C=O) groups excluding carboxylic acids is 1. The van der Waals surface area contributed by atoms with Crippen molar-refractivity contribution in [2.45, 2.75) is 6.42 Å². The van der Waals surface area contributed by atoms with Crippen molar-refractivity contribution >= 4 is 17.3 Å². The predicted molar refractivity (Wildman–Crippen MR) is 96.4 cm³/mol. The van der Waals surface area contributed by atoms with Crippen molar-refractivity contribution in [1.82, 2.24) is 10.3 Å². The third-order valence-corrected chi connectivity index (χ3v) is 3.77. The molecular formula is C20H17F2N3O. The van der Waals surface area contributed by atoms with Crippen LogP contribution in [0.2, 0.25) is 0 Å². The topological polar surface area (TPSA) is 54.0 Å². The fourth-order valence-corrected chi connectivity index (χ4v) is 2.42. The Labute approximate surface area is 149 Å². The first-order valence-electron chi connectivity index (χ1n) is 8.13. The van der Waals surface area contributed by atoms with Crippen molar-refractivity contribution in [2.75, 3.05) is 11.9 Å². The van der Waals surface area contributed by atoms with Crippen LogP contribution in [0.5, 0.6) is 0 Å². The molecule has 0 radical (unpaired) electrons. The van der Waals surface area contributed by atoms with Gasteiger partial charge in [0.05, 0.1) is 11.9 Å². The van der Waals surface area contributed by atoms with Crippen LogP contribution in [-0.4, -0.2) is 17.4 Å². The number of hydrogen-bond acceptors (Lipinski definition) is 3. The lowest BCUT2D eigenvalue weighted by molar-refractivity contribution is 0.0949. The van der Waals surface area contributed by atoms with Crippen LogP contribution in [0.25, 0.3) is 0 Å². The monoisotopic (exact) mass is 353 g/mol. The molecule has 26 heavy (non-hydrogen) atoms. The largest absolute Gasteiger partial charge is 0.350 e. The van der Waals surface area contributed by atoms with Crippen LogP contribution < -0.4 is 10.6 Å². The Morgan fingerprint density at radius 2 is 1.65 bits per heavy atom. The summed E-state index contributed by atoms with van der Waals surface area (Å²) in [6, 6.07) is 16.5. The van der Waals surface area contributed by atoms with Gasteiger partial charge in [0, 0.05) is 6.54 Å². The minimum absolute atomic E-state index is 0.234. The van der Waals surface area contributed by atoms with Crippen molar-refractivity contribution in [3.8, 4) is 0 Å². The van der Waals surface area contributed by atoms with Gasteiger partial charge in [0.1, 0.15) is 23.0 Å². The molecule has 0 fully saturated rings. The van der Waals surface area contributed by atoms with Crippen LogP contribution >= 0.6 is 0 Å². The highest BCUT2D eigenvalue weighted by Gasteiger charge is 2.10. The van der Waals surface area contributed by atoms with Gasteiger partial charge in [-0.3, -0.25) is 4.79 Å². The maximum atomic E-state index is 13.6. The number of nitrogens with zero attached hydrogens (tertiary/aromatic N) is 1. The average Bonchev–Trinajstić information content (AvgIpc) is 2.66. The van der Waals surface area contributed by atoms with Gasteiger partial charge >= 0.3 is 0 Å². The van der Waals surface area contributed by atoms with E-state index in [-0.39, 0.29) is 17.3 Å². The van der Waals surface area contributed by atoms with Gasteiger partial charge in [-0.05, 0) is 36.2 Å². The number of pyridine rings is 1.